The van der Waals surface area contributed by atoms with E-state index in [2.05, 4.69) is 136 Å². The summed E-state index contributed by atoms with van der Waals surface area (Å²) in [4.78, 5) is 0. The molecule has 5 rings (SSSR count). The van der Waals surface area contributed by atoms with Gasteiger partial charge in [0.2, 0.25) is 0 Å². The maximum atomic E-state index is 2.33. The highest BCUT2D eigenvalue weighted by Crippen LogP contribution is 2.39. The minimum Gasteiger partial charge on any atom is -0.0622 e. The first-order chi connectivity index (χ1) is 16.1. The van der Waals surface area contributed by atoms with Crippen LogP contribution in [0.25, 0.3) is 43.8 Å². The molecule has 0 bridgehead atoms. The minimum absolute atomic E-state index is 1.25. The molecule has 0 N–H and O–H groups in total. The van der Waals surface area contributed by atoms with Crippen molar-refractivity contribution in [3.63, 3.8) is 0 Å². The van der Waals surface area contributed by atoms with E-state index in [-0.39, 0.29) is 0 Å². The molecular weight excluding hydrogens is 396 g/mol. The maximum absolute atomic E-state index is 2.33. The first-order valence-electron chi connectivity index (χ1n) is 11.5. The molecule has 0 saturated carbocycles. The number of hydrogen-bond acceptors (Lipinski definition) is 0. The molecule has 0 saturated heterocycles. The largest absolute Gasteiger partial charge is 0.0622 e. The molecular formula is C33H28. The van der Waals surface area contributed by atoms with Gasteiger partial charge in [0.15, 0.2) is 0 Å². The molecule has 0 aliphatic heterocycles. The number of fused-ring (bicyclic) bond motifs is 2. The Bertz CT molecular complexity index is 1460. The van der Waals surface area contributed by atoms with Crippen LogP contribution < -0.4 is 0 Å². The lowest BCUT2D eigenvalue weighted by Crippen LogP contribution is -1.90. The summed E-state index contributed by atoms with van der Waals surface area (Å²) in [5.74, 6) is 0. The lowest BCUT2D eigenvalue weighted by Gasteiger charge is -2.16. The van der Waals surface area contributed by atoms with Crippen LogP contribution in [-0.2, 0) is 0 Å². The smallest absolute Gasteiger partial charge is 0.00264 e. The van der Waals surface area contributed by atoms with Gasteiger partial charge in [-0.25, -0.2) is 0 Å². The van der Waals surface area contributed by atoms with E-state index in [0.29, 0.717) is 0 Å². The molecule has 5 aromatic rings. The van der Waals surface area contributed by atoms with Crippen LogP contribution in [0.2, 0.25) is 0 Å². The molecule has 0 fully saturated rings. The minimum atomic E-state index is 1.25. The first kappa shape index (κ1) is 21.0. The topological polar surface area (TPSA) is 0 Å². The van der Waals surface area contributed by atoms with Crippen LogP contribution in [0.5, 0.6) is 0 Å². The second-order valence-corrected chi connectivity index (χ2v) is 8.74. The molecule has 0 radical (unpaired) electrons. The molecule has 0 atom stereocenters. The van der Waals surface area contributed by atoms with Crippen LogP contribution >= 0.6 is 0 Å². The highest BCUT2D eigenvalue weighted by molar-refractivity contribution is 6.15. The van der Waals surface area contributed by atoms with Crippen molar-refractivity contribution in [2.45, 2.75) is 20.8 Å². The molecule has 0 amide bonds. The molecule has 0 spiro atoms. The summed E-state index contributed by atoms with van der Waals surface area (Å²) >= 11 is 0. The van der Waals surface area contributed by atoms with E-state index in [1.807, 2.05) is 0 Å². The normalized spacial score (nSPS) is 12.5. The SMILES string of the molecule is C/C(=C\C=C(/C)c1cccc(-c2c3ccccc3c(C)c3ccccc23)c1)c1ccccc1. The summed E-state index contributed by atoms with van der Waals surface area (Å²) in [7, 11) is 0. The summed E-state index contributed by atoms with van der Waals surface area (Å²) < 4.78 is 0. The van der Waals surface area contributed by atoms with Crippen molar-refractivity contribution in [3.8, 4) is 11.1 Å². The van der Waals surface area contributed by atoms with Gasteiger partial charge in [-0.1, -0.05) is 109 Å². The summed E-state index contributed by atoms with van der Waals surface area (Å²) in [5.41, 5.74) is 8.95. The number of allylic oxidation sites excluding steroid dienone is 4. The van der Waals surface area contributed by atoms with Gasteiger partial charge in [0.05, 0.1) is 0 Å². The van der Waals surface area contributed by atoms with Crippen LogP contribution in [0.15, 0.2) is 115 Å². The van der Waals surface area contributed by atoms with E-state index in [1.165, 1.54) is 60.5 Å². The number of hydrogen-bond donors (Lipinski definition) is 0. The van der Waals surface area contributed by atoms with Gasteiger partial charge in [0.25, 0.3) is 0 Å². The third-order valence-electron chi connectivity index (χ3n) is 6.62. The molecule has 0 aromatic heterocycles. The third kappa shape index (κ3) is 4.01. The predicted octanol–water partition coefficient (Wildman–Crippen LogP) is 9.48. The van der Waals surface area contributed by atoms with Crippen molar-refractivity contribution in [2.24, 2.45) is 0 Å². The van der Waals surface area contributed by atoms with Crippen molar-refractivity contribution in [3.05, 3.63) is 132 Å². The number of rotatable bonds is 4. The Kier molecular flexibility index (Phi) is 5.67. The van der Waals surface area contributed by atoms with E-state index in [9.17, 15) is 0 Å². The number of benzene rings is 5. The monoisotopic (exact) mass is 424 g/mol. The van der Waals surface area contributed by atoms with E-state index in [4.69, 9.17) is 0 Å². The zero-order chi connectivity index (χ0) is 22.8. The van der Waals surface area contributed by atoms with Crippen LogP contribution in [0, 0.1) is 6.92 Å². The van der Waals surface area contributed by atoms with Crippen LogP contribution in [0.4, 0.5) is 0 Å². The second-order valence-electron chi connectivity index (χ2n) is 8.74. The van der Waals surface area contributed by atoms with Gasteiger partial charge in [0.1, 0.15) is 0 Å². The molecule has 0 heterocycles. The Morgan fingerprint density at radius 2 is 1.00 bits per heavy atom. The second kappa shape index (κ2) is 8.92. The average Bonchev–Trinajstić information content (AvgIpc) is 2.88. The first-order valence-corrected chi connectivity index (χ1v) is 11.5. The van der Waals surface area contributed by atoms with E-state index < -0.39 is 0 Å². The third-order valence-corrected chi connectivity index (χ3v) is 6.62. The van der Waals surface area contributed by atoms with Crippen LogP contribution in [0.1, 0.15) is 30.5 Å². The van der Waals surface area contributed by atoms with Gasteiger partial charge in [-0.15, -0.1) is 0 Å². The van der Waals surface area contributed by atoms with E-state index in [0.717, 1.165) is 0 Å². The molecule has 0 unspecified atom stereocenters. The quantitative estimate of drug-likeness (QED) is 0.199. The van der Waals surface area contributed by atoms with Crippen molar-refractivity contribution in [1.29, 1.82) is 0 Å². The summed E-state index contributed by atoms with van der Waals surface area (Å²) in [6.07, 6.45) is 4.45. The van der Waals surface area contributed by atoms with Crippen molar-refractivity contribution in [1.82, 2.24) is 0 Å². The summed E-state index contributed by atoms with van der Waals surface area (Å²) in [6.45, 7) is 6.60. The fourth-order valence-corrected chi connectivity index (χ4v) is 4.72. The predicted molar refractivity (Wildman–Crippen MR) is 145 cm³/mol. The molecule has 160 valence electrons. The lowest BCUT2D eigenvalue weighted by molar-refractivity contribution is 1.54. The molecule has 33 heavy (non-hydrogen) atoms. The lowest BCUT2D eigenvalue weighted by atomic mass is 9.88. The van der Waals surface area contributed by atoms with Crippen molar-refractivity contribution in [2.75, 3.05) is 0 Å². The van der Waals surface area contributed by atoms with Gasteiger partial charge in [0, 0.05) is 0 Å². The molecule has 0 aliphatic carbocycles. The van der Waals surface area contributed by atoms with Gasteiger partial charge >= 0.3 is 0 Å². The Morgan fingerprint density at radius 1 is 0.515 bits per heavy atom. The zero-order valence-corrected chi connectivity index (χ0v) is 19.5. The van der Waals surface area contributed by atoms with Crippen LogP contribution in [-0.4, -0.2) is 0 Å². The molecule has 0 aliphatic rings. The molecule has 0 nitrogen and oxygen atoms in total. The fraction of sp³-hybridized carbons (Fsp3) is 0.0909. The standard InChI is InChI=1S/C33H28/c1-23(26-12-5-4-6-13-26)20-21-24(2)27-14-11-15-28(22-27)33-31-18-9-7-16-29(31)25(3)30-17-8-10-19-32(30)33/h4-22H,1-3H3/b23-20+,24-21+. The Hall–Kier alpha value is -3.90. The number of aryl methyl sites for hydroxylation is 1. The fourth-order valence-electron chi connectivity index (χ4n) is 4.72. The molecule has 5 aromatic carbocycles. The van der Waals surface area contributed by atoms with Crippen molar-refractivity contribution < 1.29 is 0 Å². The Morgan fingerprint density at radius 3 is 1.61 bits per heavy atom. The Balaban J connectivity index is 1.64. The zero-order valence-electron chi connectivity index (χ0n) is 19.5. The van der Waals surface area contributed by atoms with Gasteiger partial charge < -0.3 is 0 Å². The van der Waals surface area contributed by atoms with Gasteiger partial charge in [-0.2, -0.15) is 0 Å². The Labute approximate surface area is 196 Å². The summed E-state index contributed by atoms with van der Waals surface area (Å²) in [6, 6.07) is 37.1. The maximum Gasteiger partial charge on any atom is -0.00264 e. The average molecular weight is 425 g/mol. The highest BCUT2D eigenvalue weighted by Gasteiger charge is 2.13. The van der Waals surface area contributed by atoms with Gasteiger partial charge in [-0.05, 0) is 87.3 Å². The summed E-state index contributed by atoms with van der Waals surface area (Å²) in [5, 5.41) is 5.27. The van der Waals surface area contributed by atoms with E-state index in [1.54, 1.807) is 0 Å². The van der Waals surface area contributed by atoms with E-state index >= 15 is 0 Å². The van der Waals surface area contributed by atoms with Crippen molar-refractivity contribution >= 4 is 32.7 Å². The molecule has 0 heteroatoms. The van der Waals surface area contributed by atoms with Crippen LogP contribution in [0.3, 0.4) is 0 Å². The highest BCUT2D eigenvalue weighted by atomic mass is 14.2. The van der Waals surface area contributed by atoms with Gasteiger partial charge in [-0.3, -0.25) is 0 Å².